The fourth-order valence-electron chi connectivity index (χ4n) is 2.64. The van der Waals surface area contributed by atoms with Crippen molar-refractivity contribution in [1.82, 2.24) is 4.90 Å². The molecule has 0 amide bonds. The van der Waals surface area contributed by atoms with Crippen molar-refractivity contribution in [3.63, 3.8) is 0 Å². The van der Waals surface area contributed by atoms with Gasteiger partial charge >= 0.3 is 0 Å². The van der Waals surface area contributed by atoms with Crippen LogP contribution in [0.15, 0.2) is 24.3 Å². The minimum absolute atomic E-state index is 0.215. The molecule has 0 aromatic heterocycles. The van der Waals surface area contributed by atoms with E-state index < -0.39 is 0 Å². The maximum absolute atomic E-state index is 12.8. The Morgan fingerprint density at radius 1 is 1.37 bits per heavy atom. The van der Waals surface area contributed by atoms with E-state index in [1.165, 1.54) is 37.9 Å². The lowest BCUT2D eigenvalue weighted by atomic mass is 9.97. The average Bonchev–Trinajstić information content (AvgIpc) is 2.46. The highest BCUT2D eigenvalue weighted by Crippen LogP contribution is 2.21. The number of piperidine rings is 1. The molecule has 2 nitrogen and oxygen atoms in total. The smallest absolute Gasteiger partial charge is 0.123 e. The van der Waals surface area contributed by atoms with Crippen LogP contribution in [-0.2, 0) is 0 Å². The summed E-state index contributed by atoms with van der Waals surface area (Å²) in [5, 5.41) is 0. The van der Waals surface area contributed by atoms with Crippen molar-refractivity contribution in [3.8, 4) is 5.75 Å². The summed E-state index contributed by atoms with van der Waals surface area (Å²) >= 11 is 0. The van der Waals surface area contributed by atoms with Gasteiger partial charge in [0.2, 0.25) is 0 Å². The maximum Gasteiger partial charge on any atom is 0.123 e. The number of halogens is 1. The summed E-state index contributed by atoms with van der Waals surface area (Å²) in [6.45, 7) is 7.60. The van der Waals surface area contributed by atoms with Gasteiger partial charge in [0, 0.05) is 18.5 Å². The summed E-state index contributed by atoms with van der Waals surface area (Å²) in [5.74, 6) is 1.14. The molecule has 1 fully saturated rings. The van der Waals surface area contributed by atoms with Gasteiger partial charge in [-0.15, -0.1) is 0 Å². The number of likely N-dealkylation sites (tertiary alicyclic amines) is 1. The van der Waals surface area contributed by atoms with Crippen molar-refractivity contribution in [1.29, 1.82) is 0 Å². The van der Waals surface area contributed by atoms with Crippen LogP contribution in [0, 0.1) is 11.7 Å². The quantitative estimate of drug-likeness (QED) is 0.804. The zero-order valence-electron chi connectivity index (χ0n) is 11.9. The molecule has 2 rings (SSSR count). The van der Waals surface area contributed by atoms with Gasteiger partial charge in [0.1, 0.15) is 11.6 Å². The highest BCUT2D eigenvalue weighted by Gasteiger charge is 2.23. The lowest BCUT2D eigenvalue weighted by Crippen LogP contribution is -2.42. The molecule has 19 heavy (non-hydrogen) atoms. The molecule has 0 radical (unpaired) electrons. The Kier molecular flexibility index (Phi) is 5.20. The largest absolute Gasteiger partial charge is 0.493 e. The van der Waals surface area contributed by atoms with Crippen LogP contribution >= 0.6 is 0 Å². The van der Waals surface area contributed by atoms with Crippen LogP contribution in [0.3, 0.4) is 0 Å². The Morgan fingerprint density at radius 3 is 2.79 bits per heavy atom. The second kappa shape index (κ2) is 6.90. The standard InChI is InChI=1S/C16H24FNO/c1-3-13(2)18-10-4-5-14(11-18)12-19-16-8-6-15(17)7-9-16/h6-9,13-14H,3-5,10-12H2,1-2H3. The third kappa shape index (κ3) is 4.20. The number of ether oxygens (including phenoxy) is 1. The van der Waals surface area contributed by atoms with E-state index in [2.05, 4.69) is 18.7 Å². The zero-order valence-corrected chi connectivity index (χ0v) is 11.9. The van der Waals surface area contributed by atoms with E-state index in [0.717, 1.165) is 18.9 Å². The summed E-state index contributed by atoms with van der Waals surface area (Å²) in [4.78, 5) is 2.56. The molecular weight excluding hydrogens is 241 g/mol. The Labute approximate surface area is 115 Å². The zero-order chi connectivity index (χ0) is 13.7. The van der Waals surface area contributed by atoms with E-state index in [0.29, 0.717) is 12.0 Å². The van der Waals surface area contributed by atoms with Crippen LogP contribution in [0.25, 0.3) is 0 Å². The number of hydrogen-bond donors (Lipinski definition) is 0. The summed E-state index contributed by atoms with van der Waals surface area (Å²) in [5.41, 5.74) is 0. The first-order chi connectivity index (χ1) is 9.19. The second-order valence-electron chi connectivity index (χ2n) is 5.53. The first-order valence-corrected chi connectivity index (χ1v) is 7.31. The Hall–Kier alpha value is -1.09. The van der Waals surface area contributed by atoms with Gasteiger partial charge in [0.15, 0.2) is 0 Å². The molecule has 0 N–H and O–H groups in total. The number of rotatable bonds is 5. The fraction of sp³-hybridized carbons (Fsp3) is 0.625. The van der Waals surface area contributed by atoms with Crippen LogP contribution in [0.1, 0.15) is 33.1 Å². The molecule has 1 saturated heterocycles. The monoisotopic (exact) mass is 265 g/mol. The van der Waals surface area contributed by atoms with Gasteiger partial charge in [-0.3, -0.25) is 0 Å². The van der Waals surface area contributed by atoms with E-state index in [-0.39, 0.29) is 5.82 Å². The molecule has 1 aliphatic rings. The molecular formula is C16H24FNO. The molecule has 1 aromatic carbocycles. The predicted octanol–water partition coefficient (Wildman–Crippen LogP) is 3.72. The topological polar surface area (TPSA) is 12.5 Å². The van der Waals surface area contributed by atoms with Gasteiger partial charge in [-0.1, -0.05) is 6.92 Å². The fourth-order valence-corrected chi connectivity index (χ4v) is 2.64. The van der Waals surface area contributed by atoms with Crippen LogP contribution < -0.4 is 4.74 Å². The van der Waals surface area contributed by atoms with E-state index in [9.17, 15) is 4.39 Å². The van der Waals surface area contributed by atoms with E-state index in [4.69, 9.17) is 4.74 Å². The van der Waals surface area contributed by atoms with Crippen molar-refractivity contribution < 1.29 is 9.13 Å². The van der Waals surface area contributed by atoms with Gasteiger partial charge in [-0.25, -0.2) is 4.39 Å². The number of benzene rings is 1. The lowest BCUT2D eigenvalue weighted by molar-refractivity contribution is 0.0991. The summed E-state index contributed by atoms with van der Waals surface area (Å²) in [6, 6.07) is 6.95. The van der Waals surface area contributed by atoms with Crippen LogP contribution in [-0.4, -0.2) is 30.6 Å². The van der Waals surface area contributed by atoms with Crippen LogP contribution in [0.2, 0.25) is 0 Å². The Bertz CT molecular complexity index is 379. The molecule has 3 heteroatoms. The summed E-state index contributed by atoms with van der Waals surface area (Å²) in [7, 11) is 0. The van der Waals surface area contributed by atoms with Gasteiger partial charge < -0.3 is 9.64 Å². The number of hydrogen-bond acceptors (Lipinski definition) is 2. The van der Waals surface area contributed by atoms with Crippen molar-refractivity contribution in [3.05, 3.63) is 30.1 Å². The SMILES string of the molecule is CCC(C)N1CCCC(COc2ccc(F)cc2)C1. The number of nitrogens with zero attached hydrogens (tertiary/aromatic N) is 1. The van der Waals surface area contributed by atoms with E-state index in [1.54, 1.807) is 12.1 Å². The lowest BCUT2D eigenvalue weighted by Gasteiger charge is -2.36. The van der Waals surface area contributed by atoms with Crippen molar-refractivity contribution in [2.75, 3.05) is 19.7 Å². The third-order valence-electron chi connectivity index (χ3n) is 4.06. The molecule has 106 valence electrons. The predicted molar refractivity (Wildman–Crippen MR) is 75.9 cm³/mol. The Morgan fingerprint density at radius 2 is 2.11 bits per heavy atom. The highest BCUT2D eigenvalue weighted by atomic mass is 19.1. The molecule has 2 atom stereocenters. The molecule has 0 spiro atoms. The molecule has 0 aliphatic carbocycles. The normalized spacial score (nSPS) is 22.2. The van der Waals surface area contributed by atoms with Crippen molar-refractivity contribution in [2.24, 2.45) is 5.92 Å². The van der Waals surface area contributed by atoms with Gasteiger partial charge in [-0.05, 0) is 57.0 Å². The van der Waals surface area contributed by atoms with Crippen molar-refractivity contribution in [2.45, 2.75) is 39.2 Å². The minimum Gasteiger partial charge on any atom is -0.493 e. The minimum atomic E-state index is -0.215. The van der Waals surface area contributed by atoms with Crippen LogP contribution in [0.4, 0.5) is 4.39 Å². The van der Waals surface area contributed by atoms with Gasteiger partial charge in [0.05, 0.1) is 6.61 Å². The summed E-state index contributed by atoms with van der Waals surface area (Å²) in [6.07, 6.45) is 3.68. The third-order valence-corrected chi connectivity index (χ3v) is 4.06. The molecule has 1 aliphatic heterocycles. The average molecular weight is 265 g/mol. The molecule has 0 saturated carbocycles. The molecule has 0 bridgehead atoms. The van der Waals surface area contributed by atoms with Gasteiger partial charge in [-0.2, -0.15) is 0 Å². The summed E-state index contributed by atoms with van der Waals surface area (Å²) < 4.78 is 18.6. The highest BCUT2D eigenvalue weighted by molar-refractivity contribution is 5.22. The molecule has 1 aromatic rings. The van der Waals surface area contributed by atoms with Crippen LogP contribution in [0.5, 0.6) is 5.75 Å². The van der Waals surface area contributed by atoms with E-state index >= 15 is 0 Å². The van der Waals surface area contributed by atoms with E-state index in [1.807, 2.05) is 0 Å². The molecule has 1 heterocycles. The van der Waals surface area contributed by atoms with Gasteiger partial charge in [0.25, 0.3) is 0 Å². The maximum atomic E-state index is 12.8. The van der Waals surface area contributed by atoms with Crippen molar-refractivity contribution >= 4 is 0 Å². The molecule has 2 unspecified atom stereocenters. The second-order valence-corrected chi connectivity index (χ2v) is 5.53. The Balaban J connectivity index is 1.80. The first-order valence-electron chi connectivity index (χ1n) is 7.31. The first kappa shape index (κ1) is 14.3.